The standard InChI is InChI=1S/C15H17N3O4S/c19-13(18-8-2-4-10(18)15(20)21)7-1-6-12-16-14(17-22-12)11-5-3-9-23-11/h3,5,9-10H,1-2,4,6-8H2,(H,20,21)/t10-/m0/s1. The van der Waals surface area contributed by atoms with Crippen molar-refractivity contribution in [3.8, 4) is 10.7 Å². The Morgan fingerprint density at radius 3 is 3.09 bits per heavy atom. The maximum absolute atomic E-state index is 12.1. The molecular weight excluding hydrogens is 318 g/mol. The molecule has 0 bridgehead atoms. The third-order valence-electron chi connectivity index (χ3n) is 3.85. The van der Waals surface area contributed by atoms with Gasteiger partial charge in [0.2, 0.25) is 17.6 Å². The van der Waals surface area contributed by atoms with Crippen molar-refractivity contribution in [1.82, 2.24) is 15.0 Å². The Morgan fingerprint density at radius 2 is 2.35 bits per heavy atom. The molecule has 0 saturated carbocycles. The fourth-order valence-electron chi connectivity index (χ4n) is 2.72. The van der Waals surface area contributed by atoms with Gasteiger partial charge < -0.3 is 14.5 Å². The topological polar surface area (TPSA) is 96.5 Å². The molecule has 0 spiro atoms. The highest BCUT2D eigenvalue weighted by atomic mass is 32.1. The zero-order valence-electron chi connectivity index (χ0n) is 12.5. The van der Waals surface area contributed by atoms with Gasteiger partial charge in [-0.1, -0.05) is 11.2 Å². The number of aryl methyl sites for hydroxylation is 1. The number of carbonyl (C=O) groups is 2. The van der Waals surface area contributed by atoms with Crippen LogP contribution in [-0.2, 0) is 16.0 Å². The van der Waals surface area contributed by atoms with Crippen LogP contribution in [0.3, 0.4) is 0 Å². The number of aliphatic carboxylic acids is 1. The first-order valence-corrected chi connectivity index (χ1v) is 8.42. The summed E-state index contributed by atoms with van der Waals surface area (Å²) in [6.45, 7) is 0.527. The molecule has 122 valence electrons. The second-order valence-corrected chi connectivity index (χ2v) is 6.37. The van der Waals surface area contributed by atoms with E-state index in [4.69, 9.17) is 9.63 Å². The third kappa shape index (κ3) is 3.58. The van der Waals surface area contributed by atoms with Crippen molar-refractivity contribution in [3.63, 3.8) is 0 Å². The second-order valence-electron chi connectivity index (χ2n) is 5.43. The number of amides is 1. The van der Waals surface area contributed by atoms with Crippen LogP contribution >= 0.6 is 11.3 Å². The number of hydrogen-bond donors (Lipinski definition) is 1. The number of rotatable bonds is 6. The minimum absolute atomic E-state index is 0.118. The van der Waals surface area contributed by atoms with E-state index in [1.165, 1.54) is 16.2 Å². The van der Waals surface area contributed by atoms with E-state index in [1.54, 1.807) is 0 Å². The lowest BCUT2D eigenvalue weighted by Gasteiger charge is -2.21. The molecule has 23 heavy (non-hydrogen) atoms. The molecule has 1 amide bonds. The lowest BCUT2D eigenvalue weighted by Crippen LogP contribution is -2.40. The quantitative estimate of drug-likeness (QED) is 0.869. The third-order valence-corrected chi connectivity index (χ3v) is 4.71. The molecule has 2 aromatic rings. The molecule has 1 atom stereocenters. The van der Waals surface area contributed by atoms with Crippen LogP contribution in [0.15, 0.2) is 22.0 Å². The van der Waals surface area contributed by atoms with Gasteiger partial charge in [0.25, 0.3) is 0 Å². The van der Waals surface area contributed by atoms with Crippen LogP contribution in [0.2, 0.25) is 0 Å². The normalized spacial score (nSPS) is 17.6. The van der Waals surface area contributed by atoms with Gasteiger partial charge in [0.1, 0.15) is 6.04 Å². The molecule has 0 aromatic carbocycles. The Labute approximate surface area is 136 Å². The molecule has 3 rings (SSSR count). The largest absolute Gasteiger partial charge is 0.480 e. The fourth-order valence-corrected chi connectivity index (χ4v) is 3.37. The maximum Gasteiger partial charge on any atom is 0.326 e. The van der Waals surface area contributed by atoms with Crippen molar-refractivity contribution in [2.45, 2.75) is 38.1 Å². The number of nitrogens with zero attached hydrogens (tertiary/aromatic N) is 3. The molecule has 1 aliphatic heterocycles. The summed E-state index contributed by atoms with van der Waals surface area (Å²) >= 11 is 1.54. The van der Waals surface area contributed by atoms with E-state index < -0.39 is 12.0 Å². The first kappa shape index (κ1) is 15.7. The molecule has 2 aromatic heterocycles. The summed E-state index contributed by atoms with van der Waals surface area (Å²) in [5, 5.41) is 15.0. The van der Waals surface area contributed by atoms with Crippen molar-refractivity contribution in [2.75, 3.05) is 6.54 Å². The summed E-state index contributed by atoms with van der Waals surface area (Å²) in [6.07, 6.45) is 2.65. The van der Waals surface area contributed by atoms with Gasteiger partial charge in [-0.15, -0.1) is 11.3 Å². The SMILES string of the molecule is O=C(O)[C@@H]1CCCN1C(=O)CCCc1nc(-c2cccs2)no1. The summed E-state index contributed by atoms with van der Waals surface area (Å²) < 4.78 is 5.18. The van der Waals surface area contributed by atoms with Gasteiger partial charge in [-0.3, -0.25) is 4.79 Å². The monoisotopic (exact) mass is 335 g/mol. The molecule has 1 saturated heterocycles. The van der Waals surface area contributed by atoms with Gasteiger partial charge in [-0.05, 0) is 30.7 Å². The molecule has 7 nitrogen and oxygen atoms in total. The second kappa shape index (κ2) is 6.91. The fraction of sp³-hybridized carbons (Fsp3) is 0.467. The highest BCUT2D eigenvalue weighted by Crippen LogP contribution is 2.22. The summed E-state index contributed by atoms with van der Waals surface area (Å²) in [7, 11) is 0. The van der Waals surface area contributed by atoms with E-state index in [0.29, 0.717) is 43.9 Å². The van der Waals surface area contributed by atoms with Gasteiger partial charge in [0.05, 0.1) is 4.88 Å². The lowest BCUT2D eigenvalue weighted by atomic mass is 10.2. The van der Waals surface area contributed by atoms with Crippen LogP contribution in [0.4, 0.5) is 0 Å². The van der Waals surface area contributed by atoms with E-state index in [9.17, 15) is 9.59 Å². The Kier molecular flexibility index (Phi) is 4.71. The molecule has 3 heterocycles. The van der Waals surface area contributed by atoms with Crippen LogP contribution in [0.1, 0.15) is 31.6 Å². The maximum atomic E-state index is 12.1. The van der Waals surface area contributed by atoms with Crippen LogP contribution in [0, 0.1) is 0 Å². The number of likely N-dealkylation sites (tertiary alicyclic amines) is 1. The van der Waals surface area contributed by atoms with Crippen LogP contribution in [0.5, 0.6) is 0 Å². The molecule has 0 radical (unpaired) electrons. The summed E-state index contributed by atoms with van der Waals surface area (Å²) in [5.74, 6) is 0.0189. The predicted octanol–water partition coefficient (Wildman–Crippen LogP) is 2.20. The van der Waals surface area contributed by atoms with Gasteiger partial charge in [0, 0.05) is 19.4 Å². The highest BCUT2D eigenvalue weighted by Gasteiger charge is 2.33. The van der Waals surface area contributed by atoms with E-state index in [1.807, 2.05) is 17.5 Å². The number of aromatic nitrogens is 2. The van der Waals surface area contributed by atoms with Crippen molar-refractivity contribution in [1.29, 1.82) is 0 Å². The number of carbonyl (C=O) groups excluding carboxylic acids is 1. The lowest BCUT2D eigenvalue weighted by molar-refractivity contribution is -0.148. The van der Waals surface area contributed by atoms with E-state index in [2.05, 4.69) is 10.1 Å². The summed E-state index contributed by atoms with van der Waals surface area (Å²) in [6, 6.07) is 3.17. The first-order valence-electron chi connectivity index (χ1n) is 7.54. The number of carboxylic acids is 1. The number of thiophene rings is 1. The van der Waals surface area contributed by atoms with Gasteiger partial charge in [-0.2, -0.15) is 4.98 Å². The van der Waals surface area contributed by atoms with Gasteiger partial charge >= 0.3 is 5.97 Å². The molecule has 8 heteroatoms. The van der Waals surface area contributed by atoms with Crippen LogP contribution < -0.4 is 0 Å². The zero-order chi connectivity index (χ0) is 16.2. The van der Waals surface area contributed by atoms with Crippen molar-refractivity contribution in [2.24, 2.45) is 0 Å². The number of carboxylic acid groups (broad SMARTS) is 1. The first-order chi connectivity index (χ1) is 11.1. The van der Waals surface area contributed by atoms with Gasteiger partial charge in [0.15, 0.2) is 0 Å². The van der Waals surface area contributed by atoms with Crippen molar-refractivity contribution >= 4 is 23.2 Å². The van der Waals surface area contributed by atoms with E-state index in [-0.39, 0.29) is 5.91 Å². The predicted molar refractivity (Wildman–Crippen MR) is 82.9 cm³/mol. The molecule has 1 fully saturated rings. The van der Waals surface area contributed by atoms with Crippen LogP contribution in [0.25, 0.3) is 10.7 Å². The Morgan fingerprint density at radius 1 is 1.48 bits per heavy atom. The van der Waals surface area contributed by atoms with E-state index >= 15 is 0 Å². The minimum Gasteiger partial charge on any atom is -0.480 e. The van der Waals surface area contributed by atoms with Gasteiger partial charge in [-0.25, -0.2) is 4.79 Å². The minimum atomic E-state index is -0.923. The highest BCUT2D eigenvalue weighted by molar-refractivity contribution is 7.13. The Bertz CT molecular complexity index is 683. The average Bonchev–Trinajstić information content (AvgIpc) is 3.27. The number of hydrogen-bond acceptors (Lipinski definition) is 6. The average molecular weight is 335 g/mol. The molecule has 1 N–H and O–H groups in total. The smallest absolute Gasteiger partial charge is 0.326 e. The zero-order valence-corrected chi connectivity index (χ0v) is 13.3. The Hall–Kier alpha value is -2.22. The summed E-state index contributed by atoms with van der Waals surface area (Å²) in [5.41, 5.74) is 0. The summed E-state index contributed by atoms with van der Waals surface area (Å²) in [4.78, 5) is 30.0. The molecule has 0 unspecified atom stereocenters. The molecule has 0 aliphatic carbocycles. The van der Waals surface area contributed by atoms with Crippen molar-refractivity contribution in [3.05, 3.63) is 23.4 Å². The van der Waals surface area contributed by atoms with E-state index in [0.717, 1.165) is 11.3 Å². The molecule has 1 aliphatic rings. The van der Waals surface area contributed by atoms with Crippen molar-refractivity contribution < 1.29 is 19.2 Å². The molecular formula is C15H17N3O4S. The Balaban J connectivity index is 1.50. The van der Waals surface area contributed by atoms with Crippen LogP contribution in [-0.4, -0.2) is 44.6 Å².